The van der Waals surface area contributed by atoms with E-state index in [4.69, 9.17) is 0 Å². The van der Waals surface area contributed by atoms with Crippen molar-refractivity contribution in [2.24, 2.45) is 0 Å². The van der Waals surface area contributed by atoms with Crippen molar-refractivity contribution in [3.63, 3.8) is 0 Å². The van der Waals surface area contributed by atoms with E-state index in [2.05, 4.69) is 22.1 Å². The fourth-order valence-electron chi connectivity index (χ4n) is 2.76. The Balaban J connectivity index is 1.81. The molecule has 114 valence electrons. The molecule has 0 bridgehead atoms. The largest absolute Gasteiger partial charge is 0.296 e. The molecule has 0 unspecified atom stereocenters. The van der Waals surface area contributed by atoms with Crippen LogP contribution >= 0.6 is 0 Å². The number of aromatic nitrogens is 2. The first-order chi connectivity index (χ1) is 11.8. The molecule has 0 aliphatic rings. The summed E-state index contributed by atoms with van der Waals surface area (Å²) < 4.78 is 0. The van der Waals surface area contributed by atoms with Crippen molar-refractivity contribution < 1.29 is 4.79 Å². The number of para-hydroxylation sites is 2. The van der Waals surface area contributed by atoms with Gasteiger partial charge in [0.15, 0.2) is 6.29 Å². The molecule has 0 radical (unpaired) electrons. The first-order valence-corrected chi connectivity index (χ1v) is 7.73. The van der Waals surface area contributed by atoms with Crippen molar-refractivity contribution in [1.29, 1.82) is 0 Å². The highest BCUT2D eigenvalue weighted by molar-refractivity contribution is 5.89. The number of rotatable bonds is 3. The molecule has 1 aromatic heterocycles. The Morgan fingerprint density at radius 3 is 1.79 bits per heavy atom. The van der Waals surface area contributed by atoms with Gasteiger partial charge in [-0.1, -0.05) is 66.7 Å². The van der Waals surface area contributed by atoms with Crippen molar-refractivity contribution in [3.05, 3.63) is 84.6 Å². The van der Waals surface area contributed by atoms with Gasteiger partial charge < -0.3 is 0 Å². The summed E-state index contributed by atoms with van der Waals surface area (Å²) in [5, 5.41) is 0. The molecule has 0 N–H and O–H groups in total. The minimum atomic E-state index is 0.362. The summed E-state index contributed by atoms with van der Waals surface area (Å²) in [5.74, 6) is 0. The van der Waals surface area contributed by atoms with Crippen LogP contribution in [0.4, 0.5) is 0 Å². The third kappa shape index (κ3) is 2.57. The molecule has 0 fully saturated rings. The Kier molecular flexibility index (Phi) is 3.60. The van der Waals surface area contributed by atoms with Crippen LogP contribution in [0.2, 0.25) is 0 Å². The van der Waals surface area contributed by atoms with Gasteiger partial charge in [-0.3, -0.25) is 4.79 Å². The Hall–Kier alpha value is -3.33. The molecule has 0 atom stereocenters. The predicted octanol–water partition coefficient (Wildman–Crippen LogP) is 4.78. The van der Waals surface area contributed by atoms with Gasteiger partial charge in [-0.25, -0.2) is 9.97 Å². The van der Waals surface area contributed by atoms with E-state index in [0.717, 1.165) is 34.0 Å². The Morgan fingerprint density at radius 2 is 1.12 bits per heavy atom. The lowest BCUT2D eigenvalue weighted by atomic mass is 10.0. The van der Waals surface area contributed by atoms with Gasteiger partial charge in [0.2, 0.25) is 0 Å². The van der Waals surface area contributed by atoms with Crippen LogP contribution in [0, 0.1) is 0 Å². The van der Waals surface area contributed by atoms with E-state index in [0.29, 0.717) is 11.4 Å². The van der Waals surface area contributed by atoms with Crippen LogP contribution in [-0.4, -0.2) is 16.3 Å². The van der Waals surface area contributed by atoms with Gasteiger partial charge >= 0.3 is 0 Å². The zero-order chi connectivity index (χ0) is 16.4. The summed E-state index contributed by atoms with van der Waals surface area (Å²) in [5.41, 5.74) is 5.65. The molecule has 1 heterocycles. The normalized spacial score (nSPS) is 10.7. The third-order valence-electron chi connectivity index (χ3n) is 3.97. The number of carbonyl (C=O) groups is 1. The fraction of sp³-hybridized carbons (Fsp3) is 0. The van der Waals surface area contributed by atoms with Crippen LogP contribution in [0.15, 0.2) is 78.9 Å². The van der Waals surface area contributed by atoms with Crippen molar-refractivity contribution >= 4 is 17.3 Å². The van der Waals surface area contributed by atoms with Gasteiger partial charge in [0.05, 0.1) is 11.0 Å². The maximum Gasteiger partial charge on any atom is 0.170 e. The second kappa shape index (κ2) is 6.05. The zero-order valence-electron chi connectivity index (χ0n) is 12.9. The van der Waals surface area contributed by atoms with Gasteiger partial charge in [-0.15, -0.1) is 0 Å². The van der Waals surface area contributed by atoms with Gasteiger partial charge in [-0.2, -0.15) is 0 Å². The van der Waals surface area contributed by atoms with E-state index in [1.165, 1.54) is 0 Å². The minimum absolute atomic E-state index is 0.362. The summed E-state index contributed by atoms with van der Waals surface area (Å²) in [6, 6.07) is 25.8. The first-order valence-electron chi connectivity index (χ1n) is 7.73. The predicted molar refractivity (Wildman–Crippen MR) is 95.8 cm³/mol. The monoisotopic (exact) mass is 310 g/mol. The summed E-state index contributed by atoms with van der Waals surface area (Å²) >= 11 is 0. The molecule has 0 spiro atoms. The highest BCUT2D eigenvalue weighted by Gasteiger charge is 2.10. The molecule has 4 rings (SSSR count). The highest BCUT2D eigenvalue weighted by Crippen LogP contribution is 2.26. The number of hydrogen-bond acceptors (Lipinski definition) is 3. The number of hydrogen-bond donors (Lipinski definition) is 0. The quantitative estimate of drug-likeness (QED) is 0.512. The molecule has 0 saturated heterocycles. The number of aldehydes is 1. The van der Waals surface area contributed by atoms with E-state index in [1.807, 2.05) is 66.7 Å². The van der Waals surface area contributed by atoms with E-state index < -0.39 is 0 Å². The molecule has 3 nitrogen and oxygen atoms in total. The number of fused-ring (bicyclic) bond motifs is 1. The average molecular weight is 310 g/mol. The topological polar surface area (TPSA) is 42.9 Å². The molecule has 0 saturated carbocycles. The summed E-state index contributed by atoms with van der Waals surface area (Å²) in [7, 11) is 0. The zero-order valence-corrected chi connectivity index (χ0v) is 12.9. The molecule has 0 aliphatic carbocycles. The maximum absolute atomic E-state index is 11.4. The summed E-state index contributed by atoms with van der Waals surface area (Å²) in [6.07, 6.45) is 0.764. The smallest absolute Gasteiger partial charge is 0.170 e. The highest BCUT2D eigenvalue weighted by atomic mass is 16.1. The Bertz CT molecular complexity index is 1010. The maximum atomic E-state index is 11.4. The molecule has 0 aliphatic heterocycles. The van der Waals surface area contributed by atoms with Gasteiger partial charge in [-0.05, 0) is 23.3 Å². The van der Waals surface area contributed by atoms with Gasteiger partial charge in [0.25, 0.3) is 0 Å². The van der Waals surface area contributed by atoms with Crippen molar-refractivity contribution in [2.75, 3.05) is 0 Å². The van der Waals surface area contributed by atoms with Crippen LogP contribution in [0.1, 0.15) is 10.5 Å². The second-order valence-corrected chi connectivity index (χ2v) is 5.51. The minimum Gasteiger partial charge on any atom is -0.296 e. The Labute approximate surface area is 139 Å². The molecule has 0 amide bonds. The SMILES string of the molecule is O=Cc1nc2ccccc2nc1-c1ccc(-c2ccccc2)cc1. The summed E-state index contributed by atoms with van der Waals surface area (Å²) in [4.78, 5) is 20.5. The standard InChI is InChI=1S/C21H14N2O/c24-14-20-21(23-19-9-5-4-8-18(19)22-20)17-12-10-16(11-13-17)15-6-2-1-3-7-15/h1-14H. The molecule has 24 heavy (non-hydrogen) atoms. The van der Waals surface area contributed by atoms with E-state index in [9.17, 15) is 4.79 Å². The average Bonchev–Trinajstić information content (AvgIpc) is 2.68. The first kappa shape index (κ1) is 14.3. The van der Waals surface area contributed by atoms with Gasteiger partial charge in [0.1, 0.15) is 11.4 Å². The Morgan fingerprint density at radius 1 is 0.583 bits per heavy atom. The summed E-state index contributed by atoms with van der Waals surface area (Å²) in [6.45, 7) is 0. The van der Waals surface area contributed by atoms with Crippen LogP contribution in [0.5, 0.6) is 0 Å². The van der Waals surface area contributed by atoms with Crippen LogP contribution in [0.3, 0.4) is 0 Å². The molecular formula is C21H14N2O. The van der Waals surface area contributed by atoms with E-state index >= 15 is 0 Å². The van der Waals surface area contributed by atoms with E-state index in [-0.39, 0.29) is 0 Å². The lowest BCUT2D eigenvalue weighted by Crippen LogP contribution is -1.97. The fourth-order valence-corrected chi connectivity index (χ4v) is 2.76. The van der Waals surface area contributed by atoms with Crippen molar-refractivity contribution in [3.8, 4) is 22.4 Å². The number of benzene rings is 3. The molecular weight excluding hydrogens is 296 g/mol. The second-order valence-electron chi connectivity index (χ2n) is 5.51. The van der Waals surface area contributed by atoms with Gasteiger partial charge in [0, 0.05) is 5.56 Å². The van der Waals surface area contributed by atoms with Crippen LogP contribution in [0.25, 0.3) is 33.4 Å². The van der Waals surface area contributed by atoms with Crippen LogP contribution < -0.4 is 0 Å². The number of nitrogens with zero attached hydrogens (tertiary/aromatic N) is 2. The lowest BCUT2D eigenvalue weighted by molar-refractivity contribution is 0.111. The molecule has 3 heteroatoms. The van der Waals surface area contributed by atoms with Crippen molar-refractivity contribution in [2.45, 2.75) is 0 Å². The lowest BCUT2D eigenvalue weighted by Gasteiger charge is -2.07. The molecule has 4 aromatic rings. The van der Waals surface area contributed by atoms with Crippen molar-refractivity contribution in [1.82, 2.24) is 9.97 Å². The molecule has 3 aromatic carbocycles. The number of carbonyl (C=O) groups excluding carboxylic acids is 1. The van der Waals surface area contributed by atoms with Crippen LogP contribution in [-0.2, 0) is 0 Å². The van der Waals surface area contributed by atoms with E-state index in [1.54, 1.807) is 0 Å². The third-order valence-corrected chi connectivity index (χ3v) is 3.97.